The van der Waals surface area contributed by atoms with E-state index in [2.05, 4.69) is 4.98 Å². The zero-order chi connectivity index (χ0) is 13.4. The van der Waals surface area contributed by atoms with Gasteiger partial charge in [0, 0.05) is 12.7 Å². The lowest BCUT2D eigenvalue weighted by atomic mass is 10.2. The quantitative estimate of drug-likeness (QED) is 0.908. The van der Waals surface area contributed by atoms with Gasteiger partial charge in [0.25, 0.3) is 5.91 Å². The van der Waals surface area contributed by atoms with Crippen molar-refractivity contribution in [2.24, 2.45) is 0 Å². The standard InChI is InChI=1S/C13H14ClN3O2/c14-12-11(17-6-2-1-5-10(17)15-12)13(19)16-7-3-4-9(16)8-18/h1-2,5-6,9,18H,3-4,7-8H2/t9-/m1/s1. The molecule has 3 rings (SSSR count). The molecule has 3 heterocycles. The Kier molecular flexibility index (Phi) is 3.16. The summed E-state index contributed by atoms with van der Waals surface area (Å²) in [5.74, 6) is -0.166. The van der Waals surface area contributed by atoms with Gasteiger partial charge in [0.2, 0.25) is 0 Å². The fourth-order valence-electron chi connectivity index (χ4n) is 2.59. The summed E-state index contributed by atoms with van der Waals surface area (Å²) >= 11 is 6.09. The molecule has 1 saturated heterocycles. The molecule has 19 heavy (non-hydrogen) atoms. The number of hydrogen-bond donors (Lipinski definition) is 1. The van der Waals surface area contributed by atoms with Crippen LogP contribution in [0.5, 0.6) is 0 Å². The third kappa shape index (κ3) is 1.99. The maximum Gasteiger partial charge on any atom is 0.274 e. The van der Waals surface area contributed by atoms with Crippen molar-refractivity contribution in [3.63, 3.8) is 0 Å². The first kappa shape index (κ1) is 12.4. The number of rotatable bonds is 2. The van der Waals surface area contributed by atoms with Crippen LogP contribution in [0.25, 0.3) is 5.65 Å². The largest absolute Gasteiger partial charge is 0.394 e. The van der Waals surface area contributed by atoms with E-state index in [-0.39, 0.29) is 23.7 Å². The van der Waals surface area contributed by atoms with Gasteiger partial charge in [0.1, 0.15) is 5.65 Å². The van der Waals surface area contributed by atoms with Crippen LogP contribution in [-0.2, 0) is 0 Å². The van der Waals surface area contributed by atoms with Gasteiger partial charge in [-0.15, -0.1) is 0 Å². The van der Waals surface area contributed by atoms with E-state index >= 15 is 0 Å². The normalized spacial score (nSPS) is 19.3. The van der Waals surface area contributed by atoms with E-state index in [0.29, 0.717) is 17.9 Å². The van der Waals surface area contributed by atoms with E-state index < -0.39 is 0 Å². The van der Waals surface area contributed by atoms with E-state index in [4.69, 9.17) is 11.6 Å². The predicted molar refractivity (Wildman–Crippen MR) is 71.3 cm³/mol. The summed E-state index contributed by atoms with van der Waals surface area (Å²) in [7, 11) is 0. The van der Waals surface area contributed by atoms with Gasteiger partial charge in [-0.3, -0.25) is 9.20 Å². The monoisotopic (exact) mass is 279 g/mol. The Morgan fingerprint density at radius 2 is 2.37 bits per heavy atom. The van der Waals surface area contributed by atoms with Crippen LogP contribution in [-0.4, -0.2) is 44.5 Å². The second-order valence-electron chi connectivity index (χ2n) is 4.66. The van der Waals surface area contributed by atoms with Crippen molar-refractivity contribution in [2.75, 3.05) is 13.2 Å². The number of aromatic nitrogens is 2. The molecule has 1 amide bonds. The number of amides is 1. The lowest BCUT2D eigenvalue weighted by Gasteiger charge is -2.22. The number of carbonyl (C=O) groups is 1. The van der Waals surface area contributed by atoms with Crippen LogP contribution in [0.2, 0.25) is 5.15 Å². The molecule has 100 valence electrons. The molecule has 0 bridgehead atoms. The Balaban J connectivity index is 2.04. The number of nitrogens with zero attached hydrogens (tertiary/aromatic N) is 3. The van der Waals surface area contributed by atoms with Crippen LogP contribution >= 0.6 is 11.6 Å². The van der Waals surface area contributed by atoms with Gasteiger partial charge in [-0.25, -0.2) is 4.98 Å². The molecule has 1 fully saturated rings. The molecule has 0 aliphatic carbocycles. The van der Waals surface area contributed by atoms with Crippen LogP contribution in [0, 0.1) is 0 Å². The summed E-state index contributed by atoms with van der Waals surface area (Å²) in [6.07, 6.45) is 3.51. The van der Waals surface area contributed by atoms with E-state index in [0.717, 1.165) is 12.8 Å². The van der Waals surface area contributed by atoms with E-state index in [1.54, 1.807) is 21.6 Å². The number of pyridine rings is 1. The molecule has 1 N–H and O–H groups in total. The van der Waals surface area contributed by atoms with Crippen molar-refractivity contribution in [2.45, 2.75) is 18.9 Å². The highest BCUT2D eigenvalue weighted by Gasteiger charge is 2.31. The van der Waals surface area contributed by atoms with E-state index in [1.165, 1.54) is 0 Å². The molecule has 5 nitrogen and oxygen atoms in total. The number of carbonyl (C=O) groups excluding carboxylic acids is 1. The summed E-state index contributed by atoms with van der Waals surface area (Å²) in [6.45, 7) is 0.639. The molecular weight excluding hydrogens is 266 g/mol. The second-order valence-corrected chi connectivity index (χ2v) is 5.02. The third-order valence-corrected chi connectivity index (χ3v) is 3.80. The van der Waals surface area contributed by atoms with Gasteiger partial charge in [-0.1, -0.05) is 17.7 Å². The van der Waals surface area contributed by atoms with Crippen LogP contribution < -0.4 is 0 Å². The van der Waals surface area contributed by atoms with Crippen molar-refractivity contribution >= 4 is 23.2 Å². The summed E-state index contributed by atoms with van der Waals surface area (Å²) in [6, 6.07) is 5.36. The Labute approximate surface area is 115 Å². The number of aliphatic hydroxyl groups excluding tert-OH is 1. The first-order valence-corrected chi connectivity index (χ1v) is 6.64. The molecule has 6 heteroatoms. The van der Waals surface area contributed by atoms with Crippen LogP contribution in [0.15, 0.2) is 24.4 Å². The first-order valence-electron chi connectivity index (χ1n) is 6.27. The Hall–Kier alpha value is -1.59. The minimum atomic E-state index is -0.166. The minimum absolute atomic E-state index is 0.0138. The summed E-state index contributed by atoms with van der Waals surface area (Å²) in [5, 5.41) is 9.52. The molecule has 1 aliphatic heterocycles. The second kappa shape index (κ2) is 4.83. The fraction of sp³-hybridized carbons (Fsp3) is 0.385. The first-order chi connectivity index (χ1) is 9.22. The predicted octanol–water partition coefficient (Wildman–Crippen LogP) is 1.58. The average molecular weight is 280 g/mol. The summed E-state index contributed by atoms with van der Waals surface area (Å²) in [5.41, 5.74) is 1.02. The minimum Gasteiger partial charge on any atom is -0.394 e. The van der Waals surface area contributed by atoms with Gasteiger partial charge < -0.3 is 10.0 Å². The smallest absolute Gasteiger partial charge is 0.274 e. The van der Waals surface area contributed by atoms with Gasteiger partial charge in [0.15, 0.2) is 10.8 Å². The lowest BCUT2D eigenvalue weighted by molar-refractivity contribution is 0.0671. The molecule has 2 aromatic rings. The van der Waals surface area contributed by atoms with Gasteiger partial charge in [-0.2, -0.15) is 0 Å². The zero-order valence-corrected chi connectivity index (χ0v) is 11.0. The van der Waals surface area contributed by atoms with Crippen LogP contribution in [0.1, 0.15) is 23.3 Å². The zero-order valence-electron chi connectivity index (χ0n) is 10.3. The number of likely N-dealkylation sites (tertiary alicyclic amines) is 1. The number of imidazole rings is 1. The Morgan fingerprint density at radius 1 is 1.53 bits per heavy atom. The van der Waals surface area contributed by atoms with Crippen LogP contribution in [0.4, 0.5) is 0 Å². The van der Waals surface area contributed by atoms with Crippen molar-refractivity contribution < 1.29 is 9.90 Å². The highest BCUT2D eigenvalue weighted by Crippen LogP contribution is 2.24. The van der Waals surface area contributed by atoms with E-state index in [1.807, 2.05) is 12.1 Å². The van der Waals surface area contributed by atoms with Gasteiger partial charge >= 0.3 is 0 Å². The summed E-state index contributed by atoms with van der Waals surface area (Å²) < 4.78 is 1.69. The number of aliphatic hydroxyl groups is 1. The Bertz CT molecular complexity index is 625. The molecule has 0 radical (unpaired) electrons. The van der Waals surface area contributed by atoms with Crippen molar-refractivity contribution in [3.8, 4) is 0 Å². The van der Waals surface area contributed by atoms with Gasteiger partial charge in [0.05, 0.1) is 12.6 Å². The van der Waals surface area contributed by atoms with Gasteiger partial charge in [-0.05, 0) is 25.0 Å². The third-order valence-electron chi connectivity index (χ3n) is 3.54. The molecule has 0 spiro atoms. The Morgan fingerprint density at radius 3 is 3.16 bits per heavy atom. The summed E-state index contributed by atoms with van der Waals surface area (Å²) in [4.78, 5) is 18.4. The molecule has 2 aromatic heterocycles. The molecule has 1 atom stereocenters. The van der Waals surface area contributed by atoms with Crippen LogP contribution in [0.3, 0.4) is 0 Å². The lowest BCUT2D eigenvalue weighted by Crippen LogP contribution is -2.38. The van der Waals surface area contributed by atoms with Crippen molar-refractivity contribution in [1.82, 2.24) is 14.3 Å². The molecule has 1 aliphatic rings. The van der Waals surface area contributed by atoms with Crippen molar-refractivity contribution in [1.29, 1.82) is 0 Å². The molecule has 0 unspecified atom stereocenters. The topological polar surface area (TPSA) is 57.8 Å². The number of hydrogen-bond acceptors (Lipinski definition) is 3. The molecule has 0 saturated carbocycles. The highest BCUT2D eigenvalue weighted by molar-refractivity contribution is 6.32. The maximum absolute atomic E-state index is 12.6. The fourth-order valence-corrected chi connectivity index (χ4v) is 2.85. The molecule has 0 aromatic carbocycles. The average Bonchev–Trinajstić information content (AvgIpc) is 3.00. The van der Waals surface area contributed by atoms with Crippen molar-refractivity contribution in [3.05, 3.63) is 35.2 Å². The SMILES string of the molecule is O=C(c1c(Cl)nc2ccccn12)N1CCC[C@@H]1CO. The number of halogens is 1. The maximum atomic E-state index is 12.6. The highest BCUT2D eigenvalue weighted by atomic mass is 35.5. The van der Waals surface area contributed by atoms with E-state index in [9.17, 15) is 9.90 Å². The molecular formula is C13H14ClN3O2. The number of fused-ring (bicyclic) bond motifs is 1.